The van der Waals surface area contributed by atoms with E-state index in [9.17, 15) is 9.90 Å². The molecule has 1 amide bonds. The van der Waals surface area contributed by atoms with Gasteiger partial charge in [0.25, 0.3) is 0 Å². The number of aliphatic hydroxyl groups excluding tert-OH is 1. The average Bonchev–Trinajstić information content (AvgIpc) is 2.39. The minimum absolute atomic E-state index is 0.132. The molecule has 0 aliphatic carbocycles. The molecule has 3 N–H and O–H groups in total. The van der Waals surface area contributed by atoms with Crippen LogP contribution in [0.1, 0.15) is 31.4 Å². The van der Waals surface area contributed by atoms with Gasteiger partial charge in [0, 0.05) is 23.0 Å². The molecule has 2 rings (SSSR count). The number of halogens is 1. The number of hydrogen-bond acceptors (Lipinski definition) is 3. The Morgan fingerprint density at radius 2 is 2.35 bits per heavy atom. The van der Waals surface area contributed by atoms with Crippen molar-refractivity contribution in [3.63, 3.8) is 0 Å². The van der Waals surface area contributed by atoms with Gasteiger partial charge in [0.15, 0.2) is 0 Å². The third-order valence-corrected chi connectivity index (χ3v) is 4.48. The molecule has 4 nitrogen and oxygen atoms in total. The predicted molar refractivity (Wildman–Crippen MR) is 82.1 cm³/mol. The monoisotopic (exact) mass is 340 g/mol. The minimum Gasteiger partial charge on any atom is -0.396 e. The number of nitrogens with two attached hydrogens (primary N) is 1. The lowest BCUT2D eigenvalue weighted by atomic mass is 9.81. The van der Waals surface area contributed by atoms with Crippen molar-refractivity contribution in [2.45, 2.75) is 25.8 Å². The van der Waals surface area contributed by atoms with E-state index in [4.69, 9.17) is 5.73 Å². The number of likely N-dealkylation sites (tertiary alicyclic amines) is 1. The third-order valence-electron chi connectivity index (χ3n) is 3.99. The quantitative estimate of drug-likeness (QED) is 0.881. The molecule has 20 heavy (non-hydrogen) atoms. The fourth-order valence-corrected chi connectivity index (χ4v) is 3.36. The summed E-state index contributed by atoms with van der Waals surface area (Å²) in [6.45, 7) is 3.70. The molecule has 1 aliphatic rings. The lowest BCUT2D eigenvalue weighted by Gasteiger charge is -2.42. The molecule has 1 aromatic carbocycles. The van der Waals surface area contributed by atoms with E-state index < -0.39 is 6.04 Å². The summed E-state index contributed by atoms with van der Waals surface area (Å²) in [5.41, 5.74) is 6.36. The number of carbonyl (C=O) groups excluding carboxylic acids is 1. The summed E-state index contributed by atoms with van der Waals surface area (Å²) in [4.78, 5) is 14.0. The van der Waals surface area contributed by atoms with Gasteiger partial charge in [-0.05, 0) is 37.1 Å². The lowest BCUT2D eigenvalue weighted by molar-refractivity contribution is -0.125. The number of benzene rings is 1. The van der Waals surface area contributed by atoms with Crippen LogP contribution in [0.4, 0.5) is 0 Å². The van der Waals surface area contributed by atoms with E-state index in [0.29, 0.717) is 6.54 Å². The van der Waals surface area contributed by atoms with Crippen molar-refractivity contribution in [3.8, 4) is 0 Å². The van der Waals surface area contributed by atoms with Gasteiger partial charge in [-0.25, -0.2) is 0 Å². The molecule has 1 heterocycles. The van der Waals surface area contributed by atoms with Crippen LogP contribution in [0.25, 0.3) is 0 Å². The van der Waals surface area contributed by atoms with Crippen molar-refractivity contribution < 1.29 is 9.90 Å². The van der Waals surface area contributed by atoms with Crippen molar-refractivity contribution in [3.05, 3.63) is 34.3 Å². The van der Waals surface area contributed by atoms with E-state index in [1.165, 1.54) is 0 Å². The summed E-state index contributed by atoms with van der Waals surface area (Å²) in [6.07, 6.45) is 1.94. The Morgan fingerprint density at radius 3 is 2.95 bits per heavy atom. The second-order valence-electron chi connectivity index (χ2n) is 5.90. The standard InChI is InChI=1S/C15H21BrN2O2/c1-15(10-19)6-3-7-18(9-15)13(14(17)20)11-4-2-5-12(16)8-11/h2,4-5,8,13,19H,3,6-7,9-10H2,1H3,(H2,17,20). The fourth-order valence-electron chi connectivity index (χ4n) is 2.94. The molecule has 0 radical (unpaired) electrons. The second-order valence-corrected chi connectivity index (χ2v) is 6.82. The highest BCUT2D eigenvalue weighted by atomic mass is 79.9. The van der Waals surface area contributed by atoms with Crippen LogP contribution in [0.3, 0.4) is 0 Å². The molecule has 5 heteroatoms. The van der Waals surface area contributed by atoms with E-state index in [2.05, 4.69) is 27.8 Å². The number of nitrogens with zero attached hydrogens (tertiary/aromatic N) is 1. The number of amides is 1. The maximum Gasteiger partial charge on any atom is 0.239 e. The molecule has 1 aromatic rings. The summed E-state index contributed by atoms with van der Waals surface area (Å²) >= 11 is 3.43. The van der Waals surface area contributed by atoms with Gasteiger partial charge in [-0.15, -0.1) is 0 Å². The van der Waals surface area contributed by atoms with Crippen LogP contribution in [0.5, 0.6) is 0 Å². The molecular formula is C15H21BrN2O2. The smallest absolute Gasteiger partial charge is 0.239 e. The Bertz CT molecular complexity index is 495. The molecule has 0 bridgehead atoms. The Labute approximate surface area is 128 Å². The molecule has 0 spiro atoms. The van der Waals surface area contributed by atoms with Gasteiger partial charge in [0.1, 0.15) is 6.04 Å². The van der Waals surface area contributed by atoms with Crippen LogP contribution in [-0.2, 0) is 4.79 Å². The molecule has 1 aliphatic heterocycles. The van der Waals surface area contributed by atoms with Crippen molar-refractivity contribution in [1.29, 1.82) is 0 Å². The Hall–Kier alpha value is -0.910. The molecule has 1 saturated heterocycles. The van der Waals surface area contributed by atoms with Gasteiger partial charge < -0.3 is 10.8 Å². The number of aliphatic hydroxyl groups is 1. The van der Waals surface area contributed by atoms with Crippen LogP contribution >= 0.6 is 15.9 Å². The van der Waals surface area contributed by atoms with Crippen LogP contribution < -0.4 is 5.73 Å². The van der Waals surface area contributed by atoms with E-state index in [1.54, 1.807) is 0 Å². The predicted octanol–water partition coefficient (Wildman–Crippen LogP) is 2.07. The van der Waals surface area contributed by atoms with Gasteiger partial charge in [-0.3, -0.25) is 9.69 Å². The fraction of sp³-hybridized carbons (Fsp3) is 0.533. The third kappa shape index (κ3) is 3.40. The molecule has 110 valence electrons. The molecule has 1 fully saturated rings. The minimum atomic E-state index is -0.432. The summed E-state index contributed by atoms with van der Waals surface area (Å²) in [5.74, 6) is -0.342. The zero-order valence-electron chi connectivity index (χ0n) is 11.7. The van der Waals surface area contributed by atoms with Crippen LogP contribution in [0, 0.1) is 5.41 Å². The summed E-state index contributed by atoms with van der Waals surface area (Å²) in [5, 5.41) is 9.55. The first kappa shape index (κ1) is 15.5. The van der Waals surface area contributed by atoms with Gasteiger partial charge >= 0.3 is 0 Å². The Kier molecular flexibility index (Phi) is 4.83. The lowest BCUT2D eigenvalue weighted by Crippen LogP contribution is -2.48. The summed E-state index contributed by atoms with van der Waals surface area (Å²) in [6, 6.07) is 7.25. The SMILES string of the molecule is CC1(CO)CCCN(C(C(N)=O)c2cccc(Br)c2)C1. The molecular weight excluding hydrogens is 320 g/mol. The molecule has 0 saturated carbocycles. The van der Waals surface area contributed by atoms with Crippen LogP contribution in [0.2, 0.25) is 0 Å². The van der Waals surface area contributed by atoms with E-state index in [0.717, 1.165) is 29.4 Å². The highest BCUT2D eigenvalue weighted by molar-refractivity contribution is 9.10. The average molecular weight is 341 g/mol. The Morgan fingerprint density at radius 1 is 1.60 bits per heavy atom. The maximum absolute atomic E-state index is 11.9. The Balaban J connectivity index is 2.27. The summed E-state index contributed by atoms with van der Waals surface area (Å²) < 4.78 is 0.933. The van der Waals surface area contributed by atoms with E-state index in [1.807, 2.05) is 24.3 Å². The van der Waals surface area contributed by atoms with E-state index in [-0.39, 0.29) is 17.9 Å². The zero-order chi connectivity index (χ0) is 14.8. The number of hydrogen-bond donors (Lipinski definition) is 2. The van der Waals surface area contributed by atoms with Crippen molar-refractivity contribution in [2.24, 2.45) is 11.1 Å². The van der Waals surface area contributed by atoms with Crippen LogP contribution in [-0.4, -0.2) is 35.6 Å². The van der Waals surface area contributed by atoms with Gasteiger partial charge in [-0.1, -0.05) is 35.0 Å². The van der Waals surface area contributed by atoms with Gasteiger partial charge in [0.2, 0.25) is 5.91 Å². The molecule has 2 atom stereocenters. The van der Waals surface area contributed by atoms with Crippen molar-refractivity contribution in [2.75, 3.05) is 19.7 Å². The first-order valence-corrected chi connectivity index (χ1v) is 7.64. The largest absolute Gasteiger partial charge is 0.396 e. The van der Waals surface area contributed by atoms with E-state index >= 15 is 0 Å². The number of carbonyl (C=O) groups is 1. The first-order valence-electron chi connectivity index (χ1n) is 6.85. The summed E-state index contributed by atoms with van der Waals surface area (Å²) in [7, 11) is 0. The maximum atomic E-state index is 11.9. The van der Waals surface area contributed by atoms with Crippen molar-refractivity contribution >= 4 is 21.8 Å². The molecule has 2 unspecified atom stereocenters. The van der Waals surface area contributed by atoms with Crippen molar-refractivity contribution in [1.82, 2.24) is 4.90 Å². The zero-order valence-corrected chi connectivity index (χ0v) is 13.3. The van der Waals surface area contributed by atoms with Gasteiger partial charge in [0.05, 0.1) is 0 Å². The van der Waals surface area contributed by atoms with Crippen LogP contribution in [0.15, 0.2) is 28.7 Å². The highest BCUT2D eigenvalue weighted by Crippen LogP contribution is 2.34. The topological polar surface area (TPSA) is 66.6 Å². The first-order chi connectivity index (χ1) is 9.45. The van der Waals surface area contributed by atoms with Gasteiger partial charge in [-0.2, -0.15) is 0 Å². The number of piperidine rings is 1. The normalized spacial score (nSPS) is 25.4. The highest BCUT2D eigenvalue weighted by Gasteiger charge is 2.36. The number of primary amides is 1. The molecule has 0 aromatic heterocycles. The second kappa shape index (κ2) is 6.24. The number of rotatable bonds is 4.